The van der Waals surface area contributed by atoms with E-state index in [0.717, 1.165) is 0 Å². The van der Waals surface area contributed by atoms with Gasteiger partial charge in [-0.2, -0.15) is 4.31 Å². The van der Waals surface area contributed by atoms with Crippen molar-refractivity contribution in [3.8, 4) is 0 Å². The number of carbonyl (C=O) groups is 1. The van der Waals surface area contributed by atoms with Gasteiger partial charge in [-0.3, -0.25) is 9.79 Å². The van der Waals surface area contributed by atoms with Gasteiger partial charge in [0.15, 0.2) is 0 Å². The summed E-state index contributed by atoms with van der Waals surface area (Å²) < 4.78 is 72.1. The van der Waals surface area contributed by atoms with Crippen molar-refractivity contribution < 1.29 is 26.4 Å². The Bertz CT molecular complexity index is 1530. The van der Waals surface area contributed by atoms with Crippen molar-refractivity contribution in [2.75, 3.05) is 13.1 Å². The van der Waals surface area contributed by atoms with Crippen molar-refractivity contribution >= 4 is 33.4 Å². The number of nitrogens with one attached hydrogen (secondary N) is 1. The number of nitrogens with zero attached hydrogens (tertiary/aromatic N) is 3. The van der Waals surface area contributed by atoms with Gasteiger partial charge in [0.25, 0.3) is 5.92 Å². The van der Waals surface area contributed by atoms with E-state index in [0.29, 0.717) is 30.7 Å². The van der Waals surface area contributed by atoms with E-state index in [1.54, 1.807) is 36.4 Å². The predicted octanol–water partition coefficient (Wildman–Crippen LogP) is 5.25. The number of amidine groups is 1. The third-order valence-corrected chi connectivity index (χ3v) is 11.6. The van der Waals surface area contributed by atoms with Crippen LogP contribution in [0.4, 0.5) is 13.2 Å². The summed E-state index contributed by atoms with van der Waals surface area (Å²) in [7, 11) is -3.96. The highest BCUT2D eigenvalue weighted by atomic mass is 35.5. The lowest BCUT2D eigenvalue weighted by molar-refractivity contribution is -0.144. The van der Waals surface area contributed by atoms with Gasteiger partial charge < -0.3 is 10.2 Å². The minimum absolute atomic E-state index is 0.0273. The summed E-state index contributed by atoms with van der Waals surface area (Å²) in [5.41, 5.74) is -1.08. The molecule has 7 rings (SSSR count). The number of hydrogen-bond donors (Lipinski definition) is 1. The quantitative estimate of drug-likeness (QED) is 0.458. The van der Waals surface area contributed by atoms with E-state index in [1.165, 1.54) is 21.3 Å². The minimum atomic E-state index is -3.96. The van der Waals surface area contributed by atoms with Crippen molar-refractivity contribution in [3.05, 3.63) is 64.9 Å². The summed E-state index contributed by atoms with van der Waals surface area (Å²) in [6, 6.07) is 11.7. The van der Waals surface area contributed by atoms with Gasteiger partial charge in [0.2, 0.25) is 15.9 Å². The zero-order chi connectivity index (χ0) is 30.1. The van der Waals surface area contributed by atoms with Crippen LogP contribution in [0.3, 0.4) is 0 Å². The number of aliphatic imine (C=N–C) groups is 1. The van der Waals surface area contributed by atoms with Crippen LogP contribution in [-0.2, 0) is 21.4 Å². The molecule has 5 aliphatic rings. The molecule has 2 aliphatic heterocycles. The molecule has 0 radical (unpaired) electrons. The molecule has 1 N–H and O–H groups in total. The molecule has 1 saturated heterocycles. The van der Waals surface area contributed by atoms with Gasteiger partial charge in [-0.05, 0) is 75.3 Å². The SMILES string of the molecule is CC1(C)N=C([C@H]2CC3(N(Cc4ccc(Cl)c(F)c4)S(=O)(=O)c4ccccc4)CC2C3)N[C@H]1C(=O)N1CCCC(F)(F)C1. The molecule has 3 saturated carbocycles. The first kappa shape index (κ1) is 29.4. The Hall–Kier alpha value is -2.63. The molecule has 2 aromatic carbocycles. The number of fused-ring (bicyclic) bond motifs is 1. The Morgan fingerprint density at radius 1 is 1.14 bits per heavy atom. The molecule has 12 heteroatoms. The molecule has 0 unspecified atom stereocenters. The number of halogens is 4. The summed E-state index contributed by atoms with van der Waals surface area (Å²) >= 11 is 5.89. The van der Waals surface area contributed by atoms with Gasteiger partial charge in [-0.1, -0.05) is 35.9 Å². The summed E-state index contributed by atoms with van der Waals surface area (Å²) in [4.78, 5) is 19.7. The van der Waals surface area contributed by atoms with Gasteiger partial charge in [0.05, 0.1) is 22.0 Å². The average molecular weight is 623 g/mol. The second kappa shape index (κ2) is 10.2. The molecule has 0 aromatic heterocycles. The monoisotopic (exact) mass is 622 g/mol. The topological polar surface area (TPSA) is 82.1 Å². The molecule has 7 nitrogen and oxygen atoms in total. The van der Waals surface area contributed by atoms with Crippen LogP contribution in [0.2, 0.25) is 5.02 Å². The van der Waals surface area contributed by atoms with Crippen LogP contribution in [0.1, 0.15) is 51.5 Å². The lowest BCUT2D eigenvalue weighted by Gasteiger charge is -2.46. The van der Waals surface area contributed by atoms with Crippen molar-refractivity contribution in [2.24, 2.45) is 16.8 Å². The van der Waals surface area contributed by atoms with Gasteiger partial charge in [0, 0.05) is 31.0 Å². The fourth-order valence-corrected chi connectivity index (χ4v) is 9.15. The maximum atomic E-state index is 14.4. The first-order valence-electron chi connectivity index (χ1n) is 14.3. The molecule has 42 heavy (non-hydrogen) atoms. The average Bonchev–Trinajstić information content (AvgIpc) is 3.57. The van der Waals surface area contributed by atoms with Crippen molar-refractivity contribution in [1.82, 2.24) is 14.5 Å². The molecule has 2 atom stereocenters. The largest absolute Gasteiger partial charge is 0.360 e. The summed E-state index contributed by atoms with van der Waals surface area (Å²) in [5.74, 6) is -3.28. The molecule has 3 aliphatic carbocycles. The van der Waals surface area contributed by atoms with Crippen LogP contribution in [0.15, 0.2) is 58.4 Å². The smallest absolute Gasteiger partial charge is 0.265 e. The van der Waals surface area contributed by atoms with Gasteiger partial charge in [-0.25, -0.2) is 21.6 Å². The third-order valence-electron chi connectivity index (χ3n) is 9.33. The fraction of sp³-hybridized carbons (Fsp3) is 0.533. The van der Waals surface area contributed by atoms with Crippen molar-refractivity contribution in [3.63, 3.8) is 0 Å². The van der Waals surface area contributed by atoms with Crippen LogP contribution in [0, 0.1) is 17.7 Å². The molecule has 2 heterocycles. The standard InChI is InChI=1S/C30H34ClF3N4O3S/c1-28(2)25(27(39)37-12-6-11-30(33,34)18-37)35-26(36-28)22-16-29(14-20(22)15-29)38(17-19-9-10-23(31)24(32)13-19)42(40,41)21-7-4-3-5-8-21/h3-5,7-10,13,20,22,25H,6,11-12,14-18H2,1-2H3,(H,35,36)/t20?,22-,25-,29?/m0/s1. The summed E-state index contributed by atoms with van der Waals surface area (Å²) in [6.45, 7) is 3.29. The van der Waals surface area contributed by atoms with E-state index < -0.39 is 51.3 Å². The van der Waals surface area contributed by atoms with E-state index in [9.17, 15) is 26.4 Å². The van der Waals surface area contributed by atoms with Gasteiger partial charge in [-0.15, -0.1) is 0 Å². The minimum Gasteiger partial charge on any atom is -0.360 e. The second-order valence-electron chi connectivity index (χ2n) is 12.7. The van der Waals surface area contributed by atoms with Crippen LogP contribution < -0.4 is 5.32 Å². The molecule has 226 valence electrons. The van der Waals surface area contributed by atoms with E-state index >= 15 is 0 Å². The highest BCUT2D eigenvalue weighted by Gasteiger charge is 2.63. The lowest BCUT2D eigenvalue weighted by Crippen LogP contribution is -2.57. The Kier molecular flexibility index (Phi) is 7.17. The number of sulfonamides is 1. The Morgan fingerprint density at radius 2 is 1.86 bits per heavy atom. The number of rotatable bonds is 7. The number of hydrogen-bond acceptors (Lipinski definition) is 5. The maximum absolute atomic E-state index is 14.4. The molecule has 0 spiro atoms. The number of carbonyl (C=O) groups excluding carboxylic acids is 1. The predicted molar refractivity (Wildman–Crippen MR) is 153 cm³/mol. The zero-order valence-corrected chi connectivity index (χ0v) is 25.1. The Balaban J connectivity index is 1.26. The highest BCUT2D eigenvalue weighted by molar-refractivity contribution is 7.89. The number of amides is 1. The van der Waals surface area contributed by atoms with E-state index in [1.807, 2.05) is 13.8 Å². The summed E-state index contributed by atoms with van der Waals surface area (Å²) in [6.07, 6.45) is 1.69. The molecule has 4 fully saturated rings. The lowest BCUT2D eigenvalue weighted by atomic mass is 9.76. The highest BCUT2D eigenvalue weighted by Crippen LogP contribution is 2.60. The van der Waals surface area contributed by atoms with Crippen LogP contribution >= 0.6 is 11.6 Å². The summed E-state index contributed by atoms with van der Waals surface area (Å²) in [5, 5.41) is 3.24. The molecule has 2 aromatic rings. The van der Waals surface area contributed by atoms with Crippen molar-refractivity contribution in [1.29, 1.82) is 0 Å². The first-order chi connectivity index (χ1) is 19.7. The maximum Gasteiger partial charge on any atom is 0.265 e. The normalized spacial score (nSPS) is 29.6. The number of alkyl halides is 2. The van der Waals surface area contributed by atoms with E-state index in [4.69, 9.17) is 16.6 Å². The van der Waals surface area contributed by atoms with Crippen LogP contribution in [0.25, 0.3) is 0 Å². The second-order valence-corrected chi connectivity index (χ2v) is 15.0. The number of piperidine rings is 1. The Labute approximate surface area is 249 Å². The molecular formula is C30H34ClF3N4O3S. The molecular weight excluding hydrogens is 589 g/mol. The fourth-order valence-electron chi connectivity index (χ4n) is 7.22. The van der Waals surface area contributed by atoms with Gasteiger partial charge >= 0.3 is 0 Å². The molecule has 2 bridgehead atoms. The van der Waals surface area contributed by atoms with Crippen LogP contribution in [-0.4, -0.2) is 65.5 Å². The Morgan fingerprint density at radius 3 is 2.52 bits per heavy atom. The number of likely N-dealkylation sites (tertiary alicyclic amines) is 1. The van der Waals surface area contributed by atoms with E-state index in [-0.39, 0.29) is 47.7 Å². The zero-order valence-electron chi connectivity index (χ0n) is 23.5. The number of benzene rings is 2. The molecule has 1 amide bonds. The van der Waals surface area contributed by atoms with Gasteiger partial charge in [0.1, 0.15) is 17.7 Å². The van der Waals surface area contributed by atoms with E-state index in [2.05, 4.69) is 5.32 Å². The van der Waals surface area contributed by atoms with Crippen molar-refractivity contribution in [2.45, 2.75) is 80.4 Å². The third kappa shape index (κ3) is 5.11. The van der Waals surface area contributed by atoms with Crippen LogP contribution in [0.5, 0.6) is 0 Å². The first-order valence-corrected chi connectivity index (χ1v) is 16.1.